The van der Waals surface area contributed by atoms with Crippen LogP contribution in [0, 0.1) is 5.92 Å². The maximum absolute atomic E-state index is 13.6. The Morgan fingerprint density at radius 1 is 1.07 bits per heavy atom. The highest BCUT2D eigenvalue weighted by molar-refractivity contribution is 5.98. The minimum absolute atomic E-state index is 0.0317. The monoisotopic (exact) mass is 551 g/mol. The Hall–Kier alpha value is -3.69. The Balaban J connectivity index is 1.40. The van der Waals surface area contributed by atoms with Gasteiger partial charge in [-0.3, -0.25) is 23.9 Å². The predicted molar refractivity (Wildman–Crippen MR) is 149 cm³/mol. The Labute approximate surface area is 236 Å². The first-order chi connectivity index (χ1) is 19.3. The topological polar surface area (TPSA) is 105 Å². The van der Waals surface area contributed by atoms with E-state index in [0.29, 0.717) is 57.9 Å². The molecule has 2 aliphatic heterocycles. The summed E-state index contributed by atoms with van der Waals surface area (Å²) in [7, 11) is 0. The van der Waals surface area contributed by atoms with E-state index < -0.39 is 0 Å². The Morgan fingerprint density at radius 3 is 2.48 bits per heavy atom. The first kappa shape index (κ1) is 29.3. The predicted octanol–water partition coefficient (Wildman–Crippen LogP) is 3.36. The first-order valence-electron chi connectivity index (χ1n) is 14.5. The second-order valence-electron chi connectivity index (χ2n) is 10.6. The molecule has 0 aliphatic carbocycles. The highest BCUT2D eigenvalue weighted by Gasteiger charge is 2.31. The molecule has 0 radical (unpaired) electrons. The summed E-state index contributed by atoms with van der Waals surface area (Å²) in [5.41, 5.74) is 1.70. The Kier molecular flexibility index (Phi) is 9.95. The van der Waals surface area contributed by atoms with E-state index in [0.717, 1.165) is 18.4 Å². The SMILES string of the molecule is CCOC(=O)C1CCN(C(=O)CCN(C(=O)c2cc3n(n2)CCCN(Cc2ccccc2)C3=O)[C@@H](C)CC)CC1. The lowest BCUT2D eigenvalue weighted by atomic mass is 9.97. The Bertz CT molecular complexity index is 1190. The van der Waals surface area contributed by atoms with Crippen molar-refractivity contribution in [3.8, 4) is 0 Å². The van der Waals surface area contributed by atoms with Crippen LogP contribution in [0.1, 0.15) is 79.4 Å². The molecule has 10 nitrogen and oxygen atoms in total. The van der Waals surface area contributed by atoms with Crippen LogP contribution < -0.4 is 0 Å². The highest BCUT2D eigenvalue weighted by atomic mass is 16.5. The van der Waals surface area contributed by atoms with Gasteiger partial charge < -0.3 is 19.4 Å². The zero-order valence-electron chi connectivity index (χ0n) is 23.9. The van der Waals surface area contributed by atoms with Gasteiger partial charge in [0.1, 0.15) is 5.69 Å². The molecule has 0 unspecified atom stereocenters. The zero-order chi connectivity index (χ0) is 28.6. The number of piperidine rings is 1. The minimum atomic E-state index is -0.272. The van der Waals surface area contributed by atoms with E-state index in [9.17, 15) is 19.2 Å². The average molecular weight is 552 g/mol. The van der Waals surface area contributed by atoms with Crippen molar-refractivity contribution in [1.82, 2.24) is 24.5 Å². The summed E-state index contributed by atoms with van der Waals surface area (Å²) in [5.74, 6) is -0.792. The van der Waals surface area contributed by atoms with Gasteiger partial charge in [-0.05, 0) is 45.1 Å². The molecule has 0 spiro atoms. The summed E-state index contributed by atoms with van der Waals surface area (Å²) in [6.07, 6.45) is 2.85. The fourth-order valence-corrected chi connectivity index (χ4v) is 5.38. The van der Waals surface area contributed by atoms with Crippen LogP contribution >= 0.6 is 0 Å². The molecule has 4 rings (SSSR count). The molecule has 0 N–H and O–H groups in total. The number of carbonyl (C=O) groups excluding carboxylic acids is 4. The lowest BCUT2D eigenvalue weighted by Crippen LogP contribution is -2.44. The fourth-order valence-electron chi connectivity index (χ4n) is 5.38. The first-order valence-corrected chi connectivity index (χ1v) is 14.5. The van der Waals surface area contributed by atoms with Crippen LogP contribution in [-0.4, -0.2) is 87.0 Å². The second-order valence-corrected chi connectivity index (χ2v) is 10.6. The zero-order valence-corrected chi connectivity index (χ0v) is 23.9. The van der Waals surface area contributed by atoms with Gasteiger partial charge in [-0.1, -0.05) is 37.3 Å². The number of benzene rings is 1. The largest absolute Gasteiger partial charge is 0.466 e. The number of nitrogens with zero attached hydrogens (tertiary/aromatic N) is 5. The van der Waals surface area contributed by atoms with Crippen molar-refractivity contribution < 1.29 is 23.9 Å². The van der Waals surface area contributed by atoms with Gasteiger partial charge in [0.15, 0.2) is 5.69 Å². The van der Waals surface area contributed by atoms with E-state index in [1.807, 2.05) is 44.2 Å². The third-order valence-electron chi connectivity index (χ3n) is 7.94. The summed E-state index contributed by atoms with van der Waals surface area (Å²) < 4.78 is 6.77. The maximum atomic E-state index is 13.6. The van der Waals surface area contributed by atoms with Crippen LogP contribution in [0.15, 0.2) is 36.4 Å². The maximum Gasteiger partial charge on any atom is 0.309 e. The lowest BCUT2D eigenvalue weighted by molar-refractivity contribution is -0.151. The number of carbonyl (C=O) groups is 4. The van der Waals surface area contributed by atoms with Crippen LogP contribution in [0.2, 0.25) is 0 Å². The third-order valence-corrected chi connectivity index (χ3v) is 7.94. The summed E-state index contributed by atoms with van der Waals surface area (Å²) in [6.45, 7) is 9.08. The molecule has 0 bridgehead atoms. The van der Waals surface area contributed by atoms with Crippen molar-refractivity contribution in [1.29, 1.82) is 0 Å². The third kappa shape index (κ3) is 6.89. The van der Waals surface area contributed by atoms with Crippen molar-refractivity contribution in [2.24, 2.45) is 5.92 Å². The van der Waals surface area contributed by atoms with E-state index in [2.05, 4.69) is 5.10 Å². The molecule has 1 aromatic carbocycles. The molecule has 216 valence electrons. The quantitative estimate of drug-likeness (QED) is 0.420. The van der Waals surface area contributed by atoms with Gasteiger partial charge in [0.2, 0.25) is 5.91 Å². The molecular weight excluding hydrogens is 510 g/mol. The van der Waals surface area contributed by atoms with E-state index in [1.165, 1.54) is 0 Å². The molecule has 1 fully saturated rings. The van der Waals surface area contributed by atoms with Crippen LogP contribution in [-0.2, 0) is 27.4 Å². The number of aromatic nitrogens is 2. The minimum Gasteiger partial charge on any atom is -0.466 e. The number of amides is 3. The summed E-state index contributed by atoms with van der Waals surface area (Å²) in [5, 5.41) is 4.54. The molecule has 1 aromatic heterocycles. The second kappa shape index (κ2) is 13.6. The van der Waals surface area contributed by atoms with Crippen molar-refractivity contribution in [2.75, 3.05) is 32.8 Å². The van der Waals surface area contributed by atoms with E-state index in [1.54, 1.807) is 32.4 Å². The normalized spacial score (nSPS) is 16.7. The lowest BCUT2D eigenvalue weighted by Gasteiger charge is -2.32. The van der Waals surface area contributed by atoms with Gasteiger partial charge in [0.25, 0.3) is 11.8 Å². The molecule has 2 aromatic rings. The van der Waals surface area contributed by atoms with Crippen LogP contribution in [0.5, 0.6) is 0 Å². The van der Waals surface area contributed by atoms with Crippen molar-refractivity contribution in [2.45, 2.75) is 72.0 Å². The highest BCUT2D eigenvalue weighted by Crippen LogP contribution is 2.21. The molecule has 2 aliphatic rings. The van der Waals surface area contributed by atoms with Crippen LogP contribution in [0.25, 0.3) is 0 Å². The number of hydrogen-bond acceptors (Lipinski definition) is 6. The molecule has 0 saturated carbocycles. The number of rotatable bonds is 10. The van der Waals surface area contributed by atoms with Gasteiger partial charge in [-0.2, -0.15) is 5.10 Å². The standard InChI is InChI=1S/C30H41N5O5/c1-4-22(3)34(19-14-27(36)32-17-12-24(13-18-32)30(39)40-5-2)28(37)25-20-26-29(38)33(15-9-16-35(26)31-25)21-23-10-7-6-8-11-23/h6-8,10-11,20,22,24H,4-5,9,12-19,21H2,1-3H3/t22-/m0/s1. The number of fused-ring (bicyclic) bond motifs is 1. The summed E-state index contributed by atoms with van der Waals surface area (Å²) >= 11 is 0. The van der Waals surface area contributed by atoms with Gasteiger partial charge in [-0.25, -0.2) is 0 Å². The van der Waals surface area contributed by atoms with Gasteiger partial charge >= 0.3 is 5.97 Å². The van der Waals surface area contributed by atoms with Gasteiger partial charge in [0.05, 0.1) is 12.5 Å². The molecule has 3 heterocycles. The number of likely N-dealkylation sites (tertiary alicyclic amines) is 1. The van der Waals surface area contributed by atoms with Crippen molar-refractivity contribution in [3.05, 3.63) is 53.3 Å². The molecule has 3 amide bonds. The van der Waals surface area contributed by atoms with E-state index in [-0.39, 0.29) is 54.3 Å². The number of esters is 1. The number of aryl methyl sites for hydroxylation is 1. The average Bonchev–Trinajstić information content (AvgIpc) is 3.35. The molecule has 1 saturated heterocycles. The molecular formula is C30H41N5O5. The van der Waals surface area contributed by atoms with Crippen LogP contribution in [0.3, 0.4) is 0 Å². The van der Waals surface area contributed by atoms with Crippen molar-refractivity contribution >= 4 is 23.7 Å². The Morgan fingerprint density at radius 2 is 1.80 bits per heavy atom. The fraction of sp³-hybridized carbons (Fsp3) is 0.567. The molecule has 1 atom stereocenters. The summed E-state index contributed by atoms with van der Waals surface area (Å²) in [6, 6.07) is 11.4. The number of hydrogen-bond donors (Lipinski definition) is 0. The van der Waals surface area contributed by atoms with Crippen LogP contribution in [0.4, 0.5) is 0 Å². The molecule has 10 heteroatoms. The van der Waals surface area contributed by atoms with Gasteiger partial charge in [0, 0.05) is 57.8 Å². The van der Waals surface area contributed by atoms with E-state index in [4.69, 9.17) is 4.74 Å². The smallest absolute Gasteiger partial charge is 0.309 e. The van der Waals surface area contributed by atoms with E-state index >= 15 is 0 Å². The van der Waals surface area contributed by atoms with Crippen molar-refractivity contribution in [3.63, 3.8) is 0 Å². The van der Waals surface area contributed by atoms with Gasteiger partial charge in [-0.15, -0.1) is 0 Å². The summed E-state index contributed by atoms with van der Waals surface area (Å²) in [4.78, 5) is 57.3. The number of ether oxygens (including phenoxy) is 1. The molecule has 40 heavy (non-hydrogen) atoms.